The number of thiazole rings is 1. The number of anilines is 1. The van der Waals surface area contributed by atoms with E-state index in [9.17, 15) is 0 Å². The number of nitrogens with zero attached hydrogens (tertiary/aromatic N) is 3. The second-order valence-corrected chi connectivity index (χ2v) is 4.11. The topological polar surface area (TPSA) is 56.7 Å². The molecular formula is C9H12N4S. The van der Waals surface area contributed by atoms with Gasteiger partial charge in [0.25, 0.3) is 0 Å². The summed E-state index contributed by atoms with van der Waals surface area (Å²) >= 11 is 1.49. The van der Waals surface area contributed by atoms with E-state index in [1.165, 1.54) is 11.3 Å². The molecule has 0 saturated carbocycles. The Balaban J connectivity index is 2.45. The minimum Gasteiger partial charge on any atom is -0.375 e. The molecule has 0 saturated heterocycles. The van der Waals surface area contributed by atoms with Gasteiger partial charge in [0.1, 0.15) is 0 Å². The van der Waals surface area contributed by atoms with Gasteiger partial charge >= 0.3 is 0 Å². The van der Waals surface area contributed by atoms with Gasteiger partial charge in [-0.15, -0.1) is 0 Å². The van der Waals surface area contributed by atoms with Gasteiger partial charge in [0, 0.05) is 24.5 Å². The van der Waals surface area contributed by atoms with Gasteiger partial charge in [0.05, 0.1) is 10.6 Å². The maximum atomic E-state index is 5.59. The van der Waals surface area contributed by atoms with Crippen molar-refractivity contribution in [3.63, 3.8) is 0 Å². The van der Waals surface area contributed by atoms with E-state index in [2.05, 4.69) is 17.0 Å². The predicted octanol–water partition coefficient (Wildman–Crippen LogP) is 1.92. The van der Waals surface area contributed by atoms with E-state index in [0.29, 0.717) is 5.13 Å². The van der Waals surface area contributed by atoms with Crippen LogP contribution in [-0.4, -0.2) is 14.8 Å². The molecule has 14 heavy (non-hydrogen) atoms. The van der Waals surface area contributed by atoms with Crippen molar-refractivity contribution in [3.8, 4) is 10.4 Å². The Labute approximate surface area is 86.4 Å². The lowest BCUT2D eigenvalue weighted by atomic mass is 10.2. The molecule has 2 aromatic rings. The first kappa shape index (κ1) is 9.21. The van der Waals surface area contributed by atoms with Crippen LogP contribution in [0.2, 0.25) is 0 Å². The molecule has 0 aromatic carbocycles. The first-order valence-corrected chi connectivity index (χ1v) is 5.28. The van der Waals surface area contributed by atoms with Gasteiger partial charge in [0.2, 0.25) is 0 Å². The van der Waals surface area contributed by atoms with Gasteiger partial charge in [-0.2, -0.15) is 5.10 Å². The normalized spacial score (nSPS) is 10.7. The Morgan fingerprint density at radius 3 is 2.86 bits per heavy atom. The van der Waals surface area contributed by atoms with Gasteiger partial charge in [-0.3, -0.25) is 4.68 Å². The molecule has 0 atom stereocenters. The molecule has 0 amide bonds. The number of nitrogen functional groups attached to an aromatic ring is 1. The smallest absolute Gasteiger partial charge is 0.180 e. The zero-order chi connectivity index (χ0) is 10.1. The Hall–Kier alpha value is -1.36. The third-order valence-corrected chi connectivity index (χ3v) is 2.92. The third kappa shape index (κ3) is 1.50. The summed E-state index contributed by atoms with van der Waals surface area (Å²) in [7, 11) is 0. The molecule has 2 rings (SSSR count). The molecule has 5 heteroatoms. The second-order valence-electron chi connectivity index (χ2n) is 3.05. The van der Waals surface area contributed by atoms with Crippen molar-refractivity contribution < 1.29 is 0 Å². The van der Waals surface area contributed by atoms with Crippen molar-refractivity contribution in [2.75, 3.05) is 5.73 Å². The molecule has 74 valence electrons. The average molecular weight is 208 g/mol. The summed E-state index contributed by atoms with van der Waals surface area (Å²) in [5.41, 5.74) is 7.74. The largest absolute Gasteiger partial charge is 0.375 e. The summed E-state index contributed by atoms with van der Waals surface area (Å²) in [6.07, 6.45) is 3.83. The van der Waals surface area contributed by atoms with Crippen molar-refractivity contribution in [3.05, 3.63) is 18.1 Å². The summed E-state index contributed by atoms with van der Waals surface area (Å²) in [5, 5.41) is 4.97. The number of rotatable bonds is 2. The Morgan fingerprint density at radius 2 is 2.36 bits per heavy atom. The van der Waals surface area contributed by atoms with Crippen LogP contribution in [0.3, 0.4) is 0 Å². The van der Waals surface area contributed by atoms with E-state index >= 15 is 0 Å². The Kier molecular flexibility index (Phi) is 2.25. The number of hydrogen-bond acceptors (Lipinski definition) is 4. The summed E-state index contributed by atoms with van der Waals surface area (Å²) in [5.74, 6) is 0. The lowest BCUT2D eigenvalue weighted by molar-refractivity contribution is 0.653. The second kappa shape index (κ2) is 3.42. The highest BCUT2D eigenvalue weighted by molar-refractivity contribution is 7.18. The molecule has 0 unspecified atom stereocenters. The molecular weight excluding hydrogens is 196 g/mol. The van der Waals surface area contributed by atoms with Crippen LogP contribution >= 0.6 is 11.3 Å². The summed E-state index contributed by atoms with van der Waals surface area (Å²) in [4.78, 5) is 5.11. The lowest BCUT2D eigenvalue weighted by Crippen LogP contribution is -1.93. The summed E-state index contributed by atoms with van der Waals surface area (Å²) < 4.78 is 1.92. The van der Waals surface area contributed by atoms with Crippen molar-refractivity contribution >= 4 is 16.5 Å². The Morgan fingerprint density at radius 1 is 1.57 bits per heavy atom. The molecule has 4 nitrogen and oxygen atoms in total. The highest BCUT2D eigenvalue weighted by Gasteiger charge is 2.09. The van der Waals surface area contributed by atoms with Gasteiger partial charge < -0.3 is 5.73 Å². The number of nitrogens with two attached hydrogens (primary N) is 1. The van der Waals surface area contributed by atoms with E-state index in [-0.39, 0.29) is 0 Å². The monoisotopic (exact) mass is 208 g/mol. The van der Waals surface area contributed by atoms with Crippen LogP contribution in [0.5, 0.6) is 0 Å². The van der Waals surface area contributed by atoms with Crippen molar-refractivity contribution in [2.24, 2.45) is 0 Å². The van der Waals surface area contributed by atoms with Crippen molar-refractivity contribution in [2.45, 2.75) is 20.4 Å². The zero-order valence-electron chi connectivity index (χ0n) is 8.19. The van der Waals surface area contributed by atoms with Gasteiger partial charge in [-0.1, -0.05) is 11.3 Å². The summed E-state index contributed by atoms with van der Waals surface area (Å²) in [6, 6.07) is 0. The van der Waals surface area contributed by atoms with E-state index in [4.69, 9.17) is 5.73 Å². The van der Waals surface area contributed by atoms with Crippen LogP contribution in [0.15, 0.2) is 12.4 Å². The predicted molar refractivity (Wildman–Crippen MR) is 58.2 cm³/mol. The fourth-order valence-electron chi connectivity index (χ4n) is 1.33. The maximum Gasteiger partial charge on any atom is 0.180 e. The van der Waals surface area contributed by atoms with Crippen LogP contribution in [0.4, 0.5) is 5.13 Å². The maximum absolute atomic E-state index is 5.59. The van der Waals surface area contributed by atoms with Crippen LogP contribution in [0, 0.1) is 6.92 Å². The van der Waals surface area contributed by atoms with Gasteiger partial charge in [-0.05, 0) is 13.8 Å². The summed E-state index contributed by atoms with van der Waals surface area (Å²) in [6.45, 7) is 4.95. The highest BCUT2D eigenvalue weighted by atomic mass is 32.1. The Bertz CT molecular complexity index is 443. The van der Waals surface area contributed by atoms with E-state index in [1.54, 1.807) is 6.20 Å². The molecule has 0 fully saturated rings. The fourth-order valence-corrected chi connectivity index (χ4v) is 2.08. The van der Waals surface area contributed by atoms with Gasteiger partial charge in [0.15, 0.2) is 5.13 Å². The molecule has 0 aliphatic heterocycles. The first-order valence-electron chi connectivity index (χ1n) is 4.46. The van der Waals surface area contributed by atoms with E-state index in [1.807, 2.05) is 17.8 Å². The van der Waals surface area contributed by atoms with Crippen molar-refractivity contribution in [1.29, 1.82) is 0 Å². The van der Waals surface area contributed by atoms with Crippen LogP contribution in [0.1, 0.15) is 12.6 Å². The van der Waals surface area contributed by atoms with Gasteiger partial charge in [-0.25, -0.2) is 4.98 Å². The minimum absolute atomic E-state index is 0.601. The highest BCUT2D eigenvalue weighted by Crippen LogP contribution is 2.29. The quantitative estimate of drug-likeness (QED) is 0.820. The molecule has 0 spiro atoms. The molecule has 2 heterocycles. The van der Waals surface area contributed by atoms with Crippen LogP contribution in [0.25, 0.3) is 10.4 Å². The number of aryl methyl sites for hydroxylation is 2. The van der Waals surface area contributed by atoms with E-state index < -0.39 is 0 Å². The molecule has 0 radical (unpaired) electrons. The number of hydrogen-bond donors (Lipinski definition) is 1. The van der Waals surface area contributed by atoms with Crippen molar-refractivity contribution in [1.82, 2.24) is 14.8 Å². The first-order chi connectivity index (χ1) is 6.70. The lowest BCUT2D eigenvalue weighted by Gasteiger charge is -1.90. The zero-order valence-corrected chi connectivity index (χ0v) is 9.01. The van der Waals surface area contributed by atoms with Crippen LogP contribution < -0.4 is 5.73 Å². The average Bonchev–Trinajstić information content (AvgIpc) is 2.71. The van der Waals surface area contributed by atoms with Crippen LogP contribution in [-0.2, 0) is 6.54 Å². The molecule has 0 aliphatic rings. The minimum atomic E-state index is 0.601. The standard InChI is InChI=1S/C9H12N4S/c1-3-13-5-7(6(2)12-13)8-4-11-9(10)14-8/h4-5H,3H2,1-2H3,(H2,10,11). The fraction of sp³-hybridized carbons (Fsp3) is 0.333. The molecule has 2 N–H and O–H groups in total. The molecule has 2 aromatic heterocycles. The SMILES string of the molecule is CCn1cc(-c2cnc(N)s2)c(C)n1. The number of aromatic nitrogens is 3. The van der Waals surface area contributed by atoms with E-state index in [0.717, 1.165) is 22.7 Å². The third-order valence-electron chi connectivity index (χ3n) is 2.06. The molecule has 0 bridgehead atoms. The molecule has 0 aliphatic carbocycles.